The second-order valence-electron chi connectivity index (χ2n) is 4.39. The molecule has 1 spiro atoms. The highest BCUT2D eigenvalue weighted by Crippen LogP contribution is 2.61. The van der Waals surface area contributed by atoms with Gasteiger partial charge >= 0.3 is 0 Å². The molecule has 0 aromatic carbocycles. The first kappa shape index (κ1) is 8.23. The van der Waals surface area contributed by atoms with Crippen LogP contribution in [-0.2, 0) is 9.47 Å². The standard InChI is InChI=1S/C8H13BO4/c9-6-4-5(11)8(3-10,13-6)7(12-4)1-2-7/h4-6,10-11H,1-3,9H2/t4?,5?,6-,8-/m1/s1. The maximum atomic E-state index is 9.92. The van der Waals surface area contributed by atoms with Gasteiger partial charge in [0, 0.05) is 0 Å². The van der Waals surface area contributed by atoms with Crippen LogP contribution in [0.1, 0.15) is 12.8 Å². The van der Waals surface area contributed by atoms with E-state index in [4.69, 9.17) is 9.47 Å². The number of aliphatic hydroxyl groups is 2. The van der Waals surface area contributed by atoms with E-state index < -0.39 is 11.7 Å². The van der Waals surface area contributed by atoms with Gasteiger partial charge in [0.05, 0.1) is 12.6 Å². The van der Waals surface area contributed by atoms with Gasteiger partial charge in [-0.25, -0.2) is 0 Å². The van der Waals surface area contributed by atoms with Gasteiger partial charge in [-0.05, 0) is 12.8 Å². The van der Waals surface area contributed by atoms with E-state index in [0.29, 0.717) is 0 Å². The highest BCUT2D eigenvalue weighted by molar-refractivity contribution is 6.11. The lowest BCUT2D eigenvalue weighted by Gasteiger charge is -2.35. The second kappa shape index (κ2) is 2.11. The fourth-order valence-electron chi connectivity index (χ4n) is 2.82. The maximum Gasteiger partial charge on any atom is 0.148 e. The van der Waals surface area contributed by atoms with E-state index in [2.05, 4.69) is 0 Å². The van der Waals surface area contributed by atoms with Crippen LogP contribution in [0.4, 0.5) is 0 Å². The molecule has 2 bridgehead atoms. The number of hydrogen-bond acceptors (Lipinski definition) is 4. The zero-order chi connectivity index (χ0) is 9.27. The Kier molecular flexibility index (Phi) is 1.34. The van der Waals surface area contributed by atoms with Gasteiger partial charge in [-0.3, -0.25) is 0 Å². The molecule has 0 aromatic rings. The van der Waals surface area contributed by atoms with Gasteiger partial charge in [-0.1, -0.05) is 0 Å². The number of aliphatic hydroxyl groups excluding tert-OH is 2. The summed E-state index contributed by atoms with van der Waals surface area (Å²) in [6.45, 7) is -0.144. The minimum atomic E-state index is -0.822. The van der Waals surface area contributed by atoms with Crippen molar-refractivity contribution < 1.29 is 19.7 Å². The van der Waals surface area contributed by atoms with E-state index in [1.807, 2.05) is 7.85 Å². The predicted molar refractivity (Wildman–Crippen MR) is 46.1 cm³/mol. The summed E-state index contributed by atoms with van der Waals surface area (Å²) in [4.78, 5) is 0. The minimum Gasteiger partial charge on any atom is -0.393 e. The van der Waals surface area contributed by atoms with Gasteiger partial charge in [0.2, 0.25) is 0 Å². The highest BCUT2D eigenvalue weighted by Gasteiger charge is 2.76. The Morgan fingerprint density at radius 1 is 1.38 bits per heavy atom. The van der Waals surface area contributed by atoms with Crippen molar-refractivity contribution in [2.24, 2.45) is 0 Å². The fraction of sp³-hybridized carbons (Fsp3) is 1.00. The SMILES string of the molecule is B[C@@H]1O[C@]2(CO)C(O)C1OC21CC1. The van der Waals surface area contributed by atoms with Gasteiger partial charge in [-0.2, -0.15) is 0 Å². The van der Waals surface area contributed by atoms with Crippen molar-refractivity contribution in [3.05, 3.63) is 0 Å². The highest BCUT2D eigenvalue weighted by atomic mass is 16.7. The molecule has 1 aliphatic carbocycles. The number of hydrogen-bond donors (Lipinski definition) is 2. The van der Waals surface area contributed by atoms with E-state index in [0.717, 1.165) is 12.8 Å². The zero-order valence-electron chi connectivity index (χ0n) is 7.56. The maximum absolute atomic E-state index is 9.92. The molecule has 3 rings (SSSR count). The van der Waals surface area contributed by atoms with Gasteiger partial charge in [0.25, 0.3) is 0 Å². The summed E-state index contributed by atoms with van der Waals surface area (Å²) in [6, 6.07) is -0.103. The van der Waals surface area contributed by atoms with Crippen molar-refractivity contribution in [3.63, 3.8) is 0 Å². The smallest absolute Gasteiger partial charge is 0.148 e. The summed E-state index contributed by atoms with van der Waals surface area (Å²) in [5, 5.41) is 19.3. The molecule has 2 unspecified atom stereocenters. The zero-order valence-corrected chi connectivity index (χ0v) is 7.56. The summed E-state index contributed by atoms with van der Waals surface area (Å²) < 4.78 is 11.4. The quantitative estimate of drug-likeness (QED) is 0.462. The molecule has 72 valence electrons. The van der Waals surface area contributed by atoms with Crippen LogP contribution < -0.4 is 0 Å². The average Bonchev–Trinajstić information content (AvgIpc) is 2.80. The van der Waals surface area contributed by atoms with E-state index in [9.17, 15) is 10.2 Å². The third-order valence-corrected chi connectivity index (χ3v) is 3.72. The second-order valence-corrected chi connectivity index (χ2v) is 4.39. The van der Waals surface area contributed by atoms with Gasteiger partial charge < -0.3 is 19.7 Å². The molecular weight excluding hydrogens is 171 g/mol. The van der Waals surface area contributed by atoms with E-state index >= 15 is 0 Å². The normalized spacial score (nSPS) is 56.0. The summed E-state index contributed by atoms with van der Waals surface area (Å²) in [6.07, 6.45) is 0.895. The minimum absolute atomic E-state index is 0.103. The van der Waals surface area contributed by atoms with Crippen LogP contribution in [0.3, 0.4) is 0 Å². The summed E-state index contributed by atoms with van der Waals surface area (Å²) in [5.41, 5.74) is -1.19. The molecule has 1 saturated carbocycles. The fourth-order valence-corrected chi connectivity index (χ4v) is 2.82. The third kappa shape index (κ3) is 0.698. The summed E-state index contributed by atoms with van der Waals surface area (Å²) in [5.74, 6) is 0. The Morgan fingerprint density at radius 2 is 2.08 bits per heavy atom. The van der Waals surface area contributed by atoms with Crippen LogP contribution in [0.5, 0.6) is 0 Å². The van der Waals surface area contributed by atoms with Crippen LogP contribution in [0.15, 0.2) is 0 Å². The first-order chi connectivity index (χ1) is 6.15. The molecule has 2 saturated heterocycles. The Labute approximate surface area is 77.2 Å². The van der Waals surface area contributed by atoms with Crippen LogP contribution in [0.2, 0.25) is 0 Å². The Hall–Kier alpha value is -0.0951. The first-order valence-corrected chi connectivity index (χ1v) is 4.80. The molecule has 3 aliphatic rings. The van der Waals surface area contributed by atoms with Gasteiger partial charge in [0.1, 0.15) is 31.3 Å². The van der Waals surface area contributed by atoms with Gasteiger partial charge in [-0.15, -0.1) is 0 Å². The first-order valence-electron chi connectivity index (χ1n) is 4.80. The van der Waals surface area contributed by atoms with Crippen molar-refractivity contribution in [1.29, 1.82) is 0 Å². The molecule has 0 radical (unpaired) electrons. The Balaban J connectivity index is 2.03. The number of rotatable bonds is 1. The Bertz CT molecular complexity index is 255. The largest absolute Gasteiger partial charge is 0.393 e. The molecule has 3 fully saturated rings. The molecule has 5 heteroatoms. The number of ether oxygens (including phenoxy) is 2. The average molecular weight is 184 g/mol. The van der Waals surface area contributed by atoms with Crippen LogP contribution >= 0.6 is 0 Å². The molecule has 13 heavy (non-hydrogen) atoms. The van der Waals surface area contributed by atoms with Crippen LogP contribution in [0.25, 0.3) is 0 Å². The van der Waals surface area contributed by atoms with Crippen LogP contribution in [0, 0.1) is 0 Å². The molecule has 4 nitrogen and oxygen atoms in total. The van der Waals surface area contributed by atoms with Crippen molar-refractivity contribution in [2.45, 2.75) is 42.3 Å². The lowest BCUT2D eigenvalue weighted by Crippen LogP contribution is -2.53. The summed E-state index contributed by atoms with van der Waals surface area (Å²) in [7, 11) is 1.88. The Morgan fingerprint density at radius 3 is 2.54 bits per heavy atom. The molecule has 2 N–H and O–H groups in total. The van der Waals surface area contributed by atoms with Crippen molar-refractivity contribution in [1.82, 2.24) is 0 Å². The lowest BCUT2D eigenvalue weighted by atomic mass is 9.89. The van der Waals surface area contributed by atoms with Crippen LogP contribution in [-0.4, -0.2) is 54.1 Å². The topological polar surface area (TPSA) is 58.9 Å². The van der Waals surface area contributed by atoms with Crippen molar-refractivity contribution >= 4 is 7.85 Å². The summed E-state index contributed by atoms with van der Waals surface area (Å²) >= 11 is 0. The number of fused-ring (bicyclic) bond motifs is 3. The molecule has 2 aliphatic heterocycles. The molecular formula is C8H13BO4. The van der Waals surface area contributed by atoms with Crippen molar-refractivity contribution in [2.75, 3.05) is 6.61 Å². The predicted octanol–water partition coefficient (Wildman–Crippen LogP) is -2.00. The monoisotopic (exact) mass is 184 g/mol. The molecule has 0 aromatic heterocycles. The molecule has 4 atom stereocenters. The van der Waals surface area contributed by atoms with E-state index in [-0.39, 0.29) is 24.3 Å². The van der Waals surface area contributed by atoms with E-state index in [1.165, 1.54) is 0 Å². The third-order valence-electron chi connectivity index (χ3n) is 3.72. The molecule has 2 heterocycles. The molecule has 0 amide bonds. The van der Waals surface area contributed by atoms with E-state index in [1.54, 1.807) is 0 Å². The van der Waals surface area contributed by atoms with Crippen molar-refractivity contribution in [3.8, 4) is 0 Å². The lowest BCUT2D eigenvalue weighted by molar-refractivity contribution is -0.193. The van der Waals surface area contributed by atoms with Gasteiger partial charge in [0.15, 0.2) is 0 Å².